The number of rotatable bonds is 5. The molecule has 12 heavy (non-hydrogen) atoms. The Morgan fingerprint density at radius 2 is 1.75 bits per heavy atom. The summed E-state index contributed by atoms with van der Waals surface area (Å²) in [5.74, 6) is 0.565. The van der Waals surface area contributed by atoms with E-state index in [2.05, 4.69) is 0 Å². The van der Waals surface area contributed by atoms with Crippen LogP contribution in [0.1, 0.15) is 34.6 Å². The lowest BCUT2D eigenvalue weighted by Crippen LogP contribution is -2.32. The summed E-state index contributed by atoms with van der Waals surface area (Å²) in [5.41, 5.74) is 0. The zero-order valence-corrected chi connectivity index (χ0v) is 8.76. The number of ketones is 1. The van der Waals surface area contributed by atoms with Crippen molar-refractivity contribution in [3.8, 4) is 0 Å². The fraction of sp³-hybridized carbons (Fsp3) is 0.900. The second kappa shape index (κ2) is 5.31. The van der Waals surface area contributed by atoms with E-state index in [1.54, 1.807) is 0 Å². The van der Waals surface area contributed by atoms with Gasteiger partial charge in [-0.3, -0.25) is 4.79 Å². The highest BCUT2D eigenvalue weighted by Gasteiger charge is 2.24. The van der Waals surface area contributed by atoms with Crippen LogP contribution in [0.3, 0.4) is 0 Å². The molecular weight excluding hydrogens is 152 g/mol. The molecular formula is C10H20O2. The van der Waals surface area contributed by atoms with Gasteiger partial charge in [0.15, 0.2) is 5.78 Å². The third-order valence-corrected chi connectivity index (χ3v) is 1.80. The van der Waals surface area contributed by atoms with Crippen molar-refractivity contribution in [1.82, 2.24) is 0 Å². The largest absolute Gasteiger partial charge is 0.370 e. The molecule has 2 nitrogen and oxygen atoms in total. The van der Waals surface area contributed by atoms with Gasteiger partial charge in [0.2, 0.25) is 0 Å². The molecule has 0 aliphatic heterocycles. The van der Waals surface area contributed by atoms with Crippen molar-refractivity contribution in [2.24, 2.45) is 11.8 Å². The Bertz CT molecular complexity index is 139. The van der Waals surface area contributed by atoms with Gasteiger partial charge in [0.1, 0.15) is 6.10 Å². The molecule has 0 aliphatic carbocycles. The second-order valence-corrected chi connectivity index (χ2v) is 3.68. The summed E-state index contributed by atoms with van der Waals surface area (Å²) in [4.78, 5) is 11.5. The molecule has 0 radical (unpaired) electrons. The van der Waals surface area contributed by atoms with Crippen LogP contribution in [0.2, 0.25) is 0 Å². The molecule has 0 bridgehead atoms. The van der Waals surface area contributed by atoms with E-state index in [9.17, 15) is 4.79 Å². The molecule has 0 aromatic rings. The minimum absolute atomic E-state index is 0.0731. The summed E-state index contributed by atoms with van der Waals surface area (Å²) in [5, 5.41) is 0. The average molecular weight is 172 g/mol. The van der Waals surface area contributed by atoms with Crippen molar-refractivity contribution in [1.29, 1.82) is 0 Å². The second-order valence-electron chi connectivity index (χ2n) is 3.68. The third-order valence-electron chi connectivity index (χ3n) is 1.80. The molecule has 72 valence electrons. The number of Topliss-reactive ketones (excluding diaryl/α,β-unsaturated/α-hetero) is 1. The lowest BCUT2D eigenvalue weighted by molar-refractivity contribution is -0.136. The van der Waals surface area contributed by atoms with E-state index in [0.29, 0.717) is 6.61 Å². The monoisotopic (exact) mass is 172 g/mol. The maximum atomic E-state index is 11.5. The van der Waals surface area contributed by atoms with Crippen LogP contribution in [-0.2, 0) is 9.53 Å². The first kappa shape index (κ1) is 11.6. The molecule has 0 fully saturated rings. The zero-order chi connectivity index (χ0) is 9.72. The minimum Gasteiger partial charge on any atom is -0.370 e. The lowest BCUT2D eigenvalue weighted by Gasteiger charge is -2.21. The summed E-state index contributed by atoms with van der Waals surface area (Å²) in [7, 11) is 0. The van der Waals surface area contributed by atoms with Gasteiger partial charge >= 0.3 is 0 Å². The first-order valence-electron chi connectivity index (χ1n) is 4.66. The first-order valence-corrected chi connectivity index (χ1v) is 4.66. The van der Waals surface area contributed by atoms with Crippen LogP contribution in [0, 0.1) is 11.8 Å². The summed E-state index contributed by atoms with van der Waals surface area (Å²) in [6.07, 6.45) is -0.213. The molecule has 0 unspecified atom stereocenters. The van der Waals surface area contributed by atoms with Gasteiger partial charge in [-0.25, -0.2) is 0 Å². The molecule has 0 saturated carbocycles. The average Bonchev–Trinajstić information content (AvgIpc) is 1.98. The predicted molar refractivity (Wildman–Crippen MR) is 50.1 cm³/mol. The molecule has 0 amide bonds. The Morgan fingerprint density at radius 1 is 1.25 bits per heavy atom. The van der Waals surface area contributed by atoms with E-state index in [-0.39, 0.29) is 23.7 Å². The molecule has 0 aromatic heterocycles. The van der Waals surface area contributed by atoms with Gasteiger partial charge < -0.3 is 4.74 Å². The fourth-order valence-electron chi connectivity index (χ4n) is 1.11. The van der Waals surface area contributed by atoms with Crippen LogP contribution >= 0.6 is 0 Å². The van der Waals surface area contributed by atoms with Gasteiger partial charge in [0.25, 0.3) is 0 Å². The van der Waals surface area contributed by atoms with Crippen molar-refractivity contribution in [2.45, 2.75) is 40.7 Å². The highest BCUT2D eigenvalue weighted by Crippen LogP contribution is 2.12. The van der Waals surface area contributed by atoms with Crippen molar-refractivity contribution < 1.29 is 9.53 Å². The van der Waals surface area contributed by atoms with E-state index in [1.165, 1.54) is 0 Å². The SMILES string of the molecule is CCO[C@@H](C(=O)C(C)C)C(C)C. The lowest BCUT2D eigenvalue weighted by atomic mass is 9.96. The van der Waals surface area contributed by atoms with Crippen LogP contribution in [-0.4, -0.2) is 18.5 Å². The van der Waals surface area contributed by atoms with Crippen molar-refractivity contribution >= 4 is 5.78 Å². The molecule has 0 saturated heterocycles. The Hall–Kier alpha value is -0.370. The highest BCUT2D eigenvalue weighted by atomic mass is 16.5. The third kappa shape index (κ3) is 3.35. The summed E-state index contributed by atoms with van der Waals surface area (Å²) < 4.78 is 5.38. The van der Waals surface area contributed by atoms with Crippen LogP contribution in [0.25, 0.3) is 0 Å². The van der Waals surface area contributed by atoms with Gasteiger partial charge in [-0.15, -0.1) is 0 Å². The number of hydrogen-bond donors (Lipinski definition) is 0. The summed E-state index contributed by atoms with van der Waals surface area (Å²) in [6.45, 7) is 10.4. The maximum Gasteiger partial charge on any atom is 0.164 e. The van der Waals surface area contributed by atoms with E-state index >= 15 is 0 Å². The molecule has 0 heterocycles. The molecule has 2 heteroatoms. The number of ether oxygens (including phenoxy) is 1. The van der Waals surface area contributed by atoms with E-state index < -0.39 is 0 Å². The van der Waals surface area contributed by atoms with E-state index in [0.717, 1.165) is 0 Å². The molecule has 0 rings (SSSR count). The number of hydrogen-bond acceptors (Lipinski definition) is 2. The van der Waals surface area contributed by atoms with Crippen molar-refractivity contribution in [3.63, 3.8) is 0 Å². The molecule has 0 spiro atoms. The van der Waals surface area contributed by atoms with E-state index in [1.807, 2.05) is 34.6 Å². The van der Waals surface area contributed by atoms with Crippen molar-refractivity contribution in [2.75, 3.05) is 6.61 Å². The maximum absolute atomic E-state index is 11.5. The first-order chi connectivity index (χ1) is 5.50. The molecule has 0 aliphatic rings. The van der Waals surface area contributed by atoms with Crippen LogP contribution in [0.15, 0.2) is 0 Å². The smallest absolute Gasteiger partial charge is 0.164 e. The van der Waals surface area contributed by atoms with Gasteiger partial charge in [-0.05, 0) is 12.8 Å². The zero-order valence-electron chi connectivity index (χ0n) is 8.76. The number of carbonyl (C=O) groups excluding carboxylic acids is 1. The minimum atomic E-state index is -0.213. The molecule has 1 atom stereocenters. The predicted octanol–water partition coefficient (Wildman–Crippen LogP) is 2.27. The normalized spacial score (nSPS) is 13.9. The van der Waals surface area contributed by atoms with Gasteiger partial charge in [0, 0.05) is 12.5 Å². The Labute approximate surface area is 75.3 Å². The topological polar surface area (TPSA) is 26.3 Å². The van der Waals surface area contributed by atoms with Gasteiger partial charge in [0.05, 0.1) is 0 Å². The van der Waals surface area contributed by atoms with Crippen LogP contribution in [0.4, 0.5) is 0 Å². The standard InChI is InChI=1S/C10H20O2/c1-6-12-10(8(4)5)9(11)7(2)3/h7-8,10H,6H2,1-5H3/t10-/m1/s1. The summed E-state index contributed by atoms with van der Waals surface area (Å²) >= 11 is 0. The quantitative estimate of drug-likeness (QED) is 0.636. The Balaban J connectivity index is 4.19. The highest BCUT2D eigenvalue weighted by molar-refractivity contribution is 5.85. The van der Waals surface area contributed by atoms with Gasteiger partial charge in [-0.1, -0.05) is 27.7 Å². The van der Waals surface area contributed by atoms with Gasteiger partial charge in [-0.2, -0.15) is 0 Å². The Morgan fingerprint density at radius 3 is 2.00 bits per heavy atom. The van der Waals surface area contributed by atoms with E-state index in [4.69, 9.17) is 4.74 Å². The Kier molecular flexibility index (Phi) is 5.14. The number of carbonyl (C=O) groups is 1. The fourth-order valence-corrected chi connectivity index (χ4v) is 1.11. The summed E-state index contributed by atoms with van der Waals surface area (Å²) in [6, 6.07) is 0. The van der Waals surface area contributed by atoms with Crippen LogP contribution < -0.4 is 0 Å². The van der Waals surface area contributed by atoms with Crippen LogP contribution in [0.5, 0.6) is 0 Å². The van der Waals surface area contributed by atoms with Crippen molar-refractivity contribution in [3.05, 3.63) is 0 Å². The molecule has 0 N–H and O–H groups in total. The molecule has 0 aromatic carbocycles.